The summed E-state index contributed by atoms with van der Waals surface area (Å²) in [5.41, 5.74) is 0.568. The molecule has 0 saturated carbocycles. The summed E-state index contributed by atoms with van der Waals surface area (Å²) < 4.78 is 16.1. The molecule has 1 amide bonds. The van der Waals surface area contributed by atoms with E-state index in [9.17, 15) is 4.79 Å². The highest BCUT2D eigenvalue weighted by Crippen LogP contribution is 2.19. The molecule has 1 aromatic heterocycles. The number of methoxy groups -OCH3 is 1. The number of amides is 1. The molecule has 0 unspecified atom stereocenters. The van der Waals surface area contributed by atoms with Crippen molar-refractivity contribution in [3.8, 4) is 11.5 Å². The Morgan fingerprint density at radius 1 is 1.19 bits per heavy atom. The smallest absolute Gasteiger partial charge is 0.255 e. The fraction of sp³-hybridized carbons (Fsp3) is 0.368. The minimum absolute atomic E-state index is 0.155. The molecule has 0 spiro atoms. The lowest BCUT2D eigenvalue weighted by Gasteiger charge is -2.29. The van der Waals surface area contributed by atoms with Crippen molar-refractivity contribution in [1.29, 1.82) is 0 Å². The van der Waals surface area contributed by atoms with Crippen molar-refractivity contribution in [3.05, 3.63) is 48.2 Å². The number of carbonyl (C=O) groups excluding carboxylic acids is 1. The van der Waals surface area contributed by atoms with E-state index in [2.05, 4.69) is 15.2 Å². The van der Waals surface area contributed by atoms with E-state index < -0.39 is 0 Å². The molecule has 138 valence electrons. The first-order valence-electron chi connectivity index (χ1n) is 8.60. The number of carbonyl (C=O) groups is 1. The fourth-order valence-electron chi connectivity index (χ4n) is 2.70. The molecule has 1 aliphatic heterocycles. The predicted octanol–water partition coefficient (Wildman–Crippen LogP) is 1.74. The average Bonchev–Trinajstić information content (AvgIpc) is 2.72. The summed E-state index contributed by atoms with van der Waals surface area (Å²) in [6, 6.07) is 10.9. The Labute approximate surface area is 152 Å². The van der Waals surface area contributed by atoms with E-state index in [0.29, 0.717) is 37.7 Å². The van der Waals surface area contributed by atoms with Gasteiger partial charge in [-0.15, -0.1) is 0 Å². The van der Waals surface area contributed by atoms with Crippen LogP contribution >= 0.6 is 0 Å². The number of hydrogen-bond donors (Lipinski definition) is 1. The van der Waals surface area contributed by atoms with Gasteiger partial charge < -0.3 is 24.4 Å². The van der Waals surface area contributed by atoms with E-state index in [1.165, 1.54) is 0 Å². The topological polar surface area (TPSA) is 72.9 Å². The molecular formula is C19H23N3O4. The van der Waals surface area contributed by atoms with Gasteiger partial charge in [0.25, 0.3) is 5.91 Å². The lowest BCUT2D eigenvalue weighted by Crippen LogP contribution is -2.38. The van der Waals surface area contributed by atoms with Gasteiger partial charge in [0.15, 0.2) is 0 Å². The Morgan fingerprint density at radius 3 is 2.65 bits per heavy atom. The Balaban J connectivity index is 1.51. The quantitative estimate of drug-likeness (QED) is 0.761. The maximum Gasteiger partial charge on any atom is 0.255 e. The first kappa shape index (κ1) is 18.0. The van der Waals surface area contributed by atoms with Gasteiger partial charge in [0.2, 0.25) is 0 Å². The number of hydrogen-bond acceptors (Lipinski definition) is 6. The first-order valence-corrected chi connectivity index (χ1v) is 8.60. The second-order valence-corrected chi connectivity index (χ2v) is 5.75. The van der Waals surface area contributed by atoms with Crippen LogP contribution in [0.5, 0.6) is 11.5 Å². The molecule has 7 heteroatoms. The minimum Gasteiger partial charge on any atom is -0.497 e. The summed E-state index contributed by atoms with van der Waals surface area (Å²) in [6.45, 7) is 3.55. The number of morpholine rings is 1. The Bertz CT molecular complexity index is 715. The van der Waals surface area contributed by atoms with Crippen LogP contribution in [0.3, 0.4) is 0 Å². The Hall–Kier alpha value is -2.80. The zero-order valence-electron chi connectivity index (χ0n) is 14.8. The van der Waals surface area contributed by atoms with E-state index in [1.54, 1.807) is 25.4 Å². The number of pyridine rings is 1. The molecule has 7 nitrogen and oxygen atoms in total. The third-order valence-corrected chi connectivity index (χ3v) is 4.06. The molecular weight excluding hydrogens is 334 g/mol. The molecule has 1 saturated heterocycles. The summed E-state index contributed by atoms with van der Waals surface area (Å²) >= 11 is 0. The molecule has 0 bridgehead atoms. The molecule has 0 radical (unpaired) electrons. The molecule has 0 atom stereocenters. The summed E-state index contributed by atoms with van der Waals surface area (Å²) in [5.74, 6) is 2.05. The minimum atomic E-state index is -0.155. The van der Waals surface area contributed by atoms with Gasteiger partial charge in [-0.05, 0) is 36.4 Å². The van der Waals surface area contributed by atoms with Gasteiger partial charge >= 0.3 is 0 Å². The van der Waals surface area contributed by atoms with Gasteiger partial charge in [0.05, 0.1) is 32.4 Å². The molecule has 2 aromatic rings. The average molecular weight is 357 g/mol. The fourth-order valence-corrected chi connectivity index (χ4v) is 2.70. The van der Waals surface area contributed by atoms with Crippen molar-refractivity contribution in [2.24, 2.45) is 0 Å². The number of anilines is 1. The predicted molar refractivity (Wildman–Crippen MR) is 98.1 cm³/mol. The summed E-state index contributed by atoms with van der Waals surface area (Å²) in [7, 11) is 1.62. The normalized spacial score (nSPS) is 14.0. The van der Waals surface area contributed by atoms with Crippen molar-refractivity contribution >= 4 is 11.7 Å². The van der Waals surface area contributed by atoms with Crippen LogP contribution in [0.4, 0.5) is 5.82 Å². The second kappa shape index (κ2) is 9.05. The van der Waals surface area contributed by atoms with Crippen molar-refractivity contribution in [1.82, 2.24) is 10.3 Å². The maximum absolute atomic E-state index is 12.5. The molecule has 1 fully saturated rings. The second-order valence-electron chi connectivity index (χ2n) is 5.75. The molecule has 1 aliphatic rings. The highest BCUT2D eigenvalue weighted by molar-refractivity contribution is 5.98. The summed E-state index contributed by atoms with van der Waals surface area (Å²) in [4.78, 5) is 19.0. The van der Waals surface area contributed by atoms with E-state index in [1.807, 2.05) is 24.3 Å². The van der Waals surface area contributed by atoms with Gasteiger partial charge in [-0.3, -0.25) is 4.79 Å². The van der Waals surface area contributed by atoms with Crippen molar-refractivity contribution in [2.75, 3.05) is 51.5 Å². The molecule has 1 N–H and O–H groups in total. The highest BCUT2D eigenvalue weighted by atomic mass is 16.5. The lowest BCUT2D eigenvalue weighted by molar-refractivity contribution is 0.0945. The van der Waals surface area contributed by atoms with Crippen LogP contribution in [0.25, 0.3) is 0 Å². The third kappa shape index (κ3) is 4.64. The van der Waals surface area contributed by atoms with Crippen LogP contribution in [0, 0.1) is 0 Å². The van der Waals surface area contributed by atoms with E-state index in [0.717, 1.165) is 24.6 Å². The van der Waals surface area contributed by atoms with E-state index >= 15 is 0 Å². The number of rotatable bonds is 7. The largest absolute Gasteiger partial charge is 0.497 e. The van der Waals surface area contributed by atoms with Crippen molar-refractivity contribution in [3.63, 3.8) is 0 Å². The van der Waals surface area contributed by atoms with Crippen LogP contribution in [-0.2, 0) is 4.74 Å². The van der Waals surface area contributed by atoms with Crippen LogP contribution < -0.4 is 19.7 Å². The third-order valence-electron chi connectivity index (χ3n) is 4.06. The Kier molecular flexibility index (Phi) is 6.27. The van der Waals surface area contributed by atoms with Crippen molar-refractivity contribution < 1.29 is 19.0 Å². The SMILES string of the molecule is COc1ccc(OCCNC(=O)c2cccnc2N2CCOCC2)cc1. The summed E-state index contributed by atoms with van der Waals surface area (Å²) in [6.07, 6.45) is 1.70. The van der Waals surface area contributed by atoms with Crippen LogP contribution in [-0.4, -0.2) is 57.5 Å². The number of nitrogens with zero attached hydrogens (tertiary/aromatic N) is 2. The lowest BCUT2D eigenvalue weighted by atomic mass is 10.2. The standard InChI is InChI=1S/C19H23N3O4/c1-24-15-4-6-16(7-5-15)26-12-9-21-19(23)17-3-2-8-20-18(17)22-10-13-25-14-11-22/h2-8H,9-14H2,1H3,(H,21,23). The van der Waals surface area contributed by atoms with Gasteiger partial charge in [-0.25, -0.2) is 4.98 Å². The van der Waals surface area contributed by atoms with Gasteiger partial charge in [0, 0.05) is 19.3 Å². The van der Waals surface area contributed by atoms with E-state index in [4.69, 9.17) is 14.2 Å². The van der Waals surface area contributed by atoms with Crippen molar-refractivity contribution in [2.45, 2.75) is 0 Å². The monoisotopic (exact) mass is 357 g/mol. The number of ether oxygens (including phenoxy) is 3. The van der Waals surface area contributed by atoms with Gasteiger partial charge in [-0.2, -0.15) is 0 Å². The number of nitrogens with one attached hydrogen (secondary N) is 1. The number of benzene rings is 1. The van der Waals surface area contributed by atoms with Crippen LogP contribution in [0.2, 0.25) is 0 Å². The molecule has 2 heterocycles. The molecule has 0 aliphatic carbocycles. The van der Waals surface area contributed by atoms with Gasteiger partial charge in [0.1, 0.15) is 23.9 Å². The molecule has 3 rings (SSSR count). The maximum atomic E-state index is 12.5. The van der Waals surface area contributed by atoms with Crippen LogP contribution in [0.15, 0.2) is 42.6 Å². The van der Waals surface area contributed by atoms with Crippen LogP contribution in [0.1, 0.15) is 10.4 Å². The first-order chi connectivity index (χ1) is 12.8. The zero-order valence-corrected chi connectivity index (χ0v) is 14.8. The molecule has 1 aromatic carbocycles. The number of aromatic nitrogens is 1. The summed E-state index contributed by atoms with van der Waals surface area (Å²) in [5, 5.41) is 2.88. The zero-order chi connectivity index (χ0) is 18.2. The molecule has 26 heavy (non-hydrogen) atoms. The van der Waals surface area contributed by atoms with E-state index in [-0.39, 0.29) is 5.91 Å². The Morgan fingerprint density at radius 2 is 1.92 bits per heavy atom. The highest BCUT2D eigenvalue weighted by Gasteiger charge is 2.19. The van der Waals surface area contributed by atoms with Gasteiger partial charge in [-0.1, -0.05) is 0 Å².